The molecule has 0 unspecified atom stereocenters. The number of Topliss-reactive ketones (excluding diaryl/α,β-unsaturated/α-hetero) is 1. The quantitative estimate of drug-likeness (QED) is 0.571. The van der Waals surface area contributed by atoms with Crippen LogP contribution < -0.4 is 9.80 Å². The predicted octanol–water partition coefficient (Wildman–Crippen LogP) is 3.62. The monoisotopic (exact) mass is 437 g/mol. The molecule has 0 amide bonds. The first-order chi connectivity index (χ1) is 14.8. The summed E-state index contributed by atoms with van der Waals surface area (Å²) in [4.78, 5) is 16.0. The average Bonchev–Trinajstić information content (AvgIpc) is 2.78. The molecule has 0 radical (unpaired) electrons. The zero-order valence-corrected chi connectivity index (χ0v) is 18.9. The van der Waals surface area contributed by atoms with Gasteiger partial charge in [0.25, 0.3) is 0 Å². The van der Waals surface area contributed by atoms with E-state index in [0.717, 1.165) is 22.1 Å². The largest absolute Gasteiger partial charge is 0.377 e. The summed E-state index contributed by atoms with van der Waals surface area (Å²) >= 11 is 0. The summed E-state index contributed by atoms with van der Waals surface area (Å²) in [5.74, 6) is 0.0370. The van der Waals surface area contributed by atoms with Crippen LogP contribution in [0.25, 0.3) is 10.8 Å². The minimum absolute atomic E-state index is 0.0370. The molecular formula is C24H27N3O3S. The van der Waals surface area contributed by atoms with Crippen LogP contribution in [0.4, 0.5) is 11.4 Å². The molecule has 3 aromatic rings. The third-order valence-electron chi connectivity index (χ3n) is 5.84. The second-order valence-electron chi connectivity index (χ2n) is 8.02. The van der Waals surface area contributed by atoms with E-state index in [2.05, 4.69) is 4.90 Å². The van der Waals surface area contributed by atoms with E-state index in [1.54, 1.807) is 17.3 Å². The van der Waals surface area contributed by atoms with Crippen molar-refractivity contribution in [1.29, 1.82) is 0 Å². The number of benzene rings is 3. The molecular weight excluding hydrogens is 410 g/mol. The number of ketones is 1. The molecule has 0 bridgehead atoms. The van der Waals surface area contributed by atoms with Gasteiger partial charge in [-0.15, -0.1) is 0 Å². The Kier molecular flexibility index (Phi) is 5.73. The molecule has 7 heteroatoms. The molecule has 1 aliphatic rings. The van der Waals surface area contributed by atoms with E-state index in [0.29, 0.717) is 36.6 Å². The molecule has 0 atom stereocenters. The lowest BCUT2D eigenvalue weighted by atomic mass is 10.1. The number of nitrogens with zero attached hydrogens (tertiary/aromatic N) is 3. The van der Waals surface area contributed by atoms with E-state index in [4.69, 9.17) is 0 Å². The maximum atomic E-state index is 13.5. The number of hydrogen-bond acceptors (Lipinski definition) is 5. The van der Waals surface area contributed by atoms with Crippen molar-refractivity contribution in [3.63, 3.8) is 0 Å². The first kappa shape index (κ1) is 21.3. The first-order valence-electron chi connectivity index (χ1n) is 10.3. The summed E-state index contributed by atoms with van der Waals surface area (Å²) in [7, 11) is 0.302. The maximum absolute atomic E-state index is 13.5. The first-order valence-corrected chi connectivity index (χ1v) is 11.8. The minimum atomic E-state index is -3.61. The highest BCUT2D eigenvalue weighted by molar-refractivity contribution is 7.89. The van der Waals surface area contributed by atoms with Gasteiger partial charge in [0.2, 0.25) is 10.0 Å². The van der Waals surface area contributed by atoms with Crippen LogP contribution >= 0.6 is 0 Å². The van der Waals surface area contributed by atoms with Crippen LogP contribution in [0.3, 0.4) is 0 Å². The fraction of sp³-hybridized carbons (Fsp3) is 0.292. The van der Waals surface area contributed by atoms with E-state index in [1.165, 1.54) is 0 Å². The summed E-state index contributed by atoms with van der Waals surface area (Å²) in [6, 6.07) is 18.7. The third-order valence-corrected chi connectivity index (χ3v) is 7.79. The lowest BCUT2D eigenvalue weighted by Crippen LogP contribution is -2.48. The zero-order chi connectivity index (χ0) is 22.2. The van der Waals surface area contributed by atoms with Crippen LogP contribution in [0.5, 0.6) is 0 Å². The molecule has 1 fully saturated rings. The molecule has 6 nitrogen and oxygen atoms in total. The van der Waals surface area contributed by atoms with E-state index >= 15 is 0 Å². The van der Waals surface area contributed by atoms with Gasteiger partial charge in [-0.3, -0.25) is 4.79 Å². The van der Waals surface area contributed by atoms with Gasteiger partial charge < -0.3 is 9.80 Å². The molecule has 1 heterocycles. The molecule has 0 aromatic heterocycles. The Balaban J connectivity index is 1.57. The number of carbonyl (C=O) groups is 1. The number of fused-ring (bicyclic) bond motifs is 1. The van der Waals surface area contributed by atoms with Crippen molar-refractivity contribution in [3.05, 3.63) is 66.2 Å². The van der Waals surface area contributed by atoms with Crippen molar-refractivity contribution in [2.45, 2.75) is 11.8 Å². The summed E-state index contributed by atoms with van der Waals surface area (Å²) in [6.07, 6.45) is 0. The number of rotatable bonds is 5. The van der Waals surface area contributed by atoms with Gasteiger partial charge in [-0.05, 0) is 43.3 Å². The van der Waals surface area contributed by atoms with Crippen LogP contribution in [0.15, 0.2) is 65.6 Å². The van der Waals surface area contributed by atoms with Gasteiger partial charge >= 0.3 is 0 Å². The highest BCUT2D eigenvalue weighted by Crippen LogP contribution is 2.32. The van der Waals surface area contributed by atoms with Gasteiger partial charge in [-0.25, -0.2) is 8.42 Å². The van der Waals surface area contributed by atoms with Crippen LogP contribution in [0.1, 0.15) is 17.3 Å². The second kappa shape index (κ2) is 8.32. The summed E-state index contributed by atoms with van der Waals surface area (Å²) in [5, 5.41) is 1.67. The molecule has 3 aromatic carbocycles. The molecule has 1 aliphatic heterocycles. The van der Waals surface area contributed by atoms with Crippen molar-refractivity contribution in [3.8, 4) is 0 Å². The highest BCUT2D eigenvalue weighted by atomic mass is 32.2. The fourth-order valence-electron chi connectivity index (χ4n) is 4.11. The Morgan fingerprint density at radius 2 is 1.45 bits per heavy atom. The lowest BCUT2D eigenvalue weighted by Gasteiger charge is -2.35. The van der Waals surface area contributed by atoms with Gasteiger partial charge in [0.1, 0.15) is 0 Å². The average molecular weight is 438 g/mol. The van der Waals surface area contributed by atoms with Gasteiger partial charge in [-0.2, -0.15) is 4.31 Å². The van der Waals surface area contributed by atoms with Gasteiger partial charge in [-0.1, -0.05) is 24.3 Å². The molecule has 4 rings (SSSR count). The topological polar surface area (TPSA) is 60.9 Å². The van der Waals surface area contributed by atoms with Crippen LogP contribution in [0.2, 0.25) is 0 Å². The van der Waals surface area contributed by atoms with Gasteiger partial charge in [0.15, 0.2) is 5.78 Å². The highest BCUT2D eigenvalue weighted by Gasteiger charge is 2.30. The maximum Gasteiger partial charge on any atom is 0.243 e. The van der Waals surface area contributed by atoms with Crippen LogP contribution in [-0.4, -0.2) is 58.8 Å². The Morgan fingerprint density at radius 1 is 0.839 bits per heavy atom. The van der Waals surface area contributed by atoms with Crippen molar-refractivity contribution in [1.82, 2.24) is 4.31 Å². The lowest BCUT2D eigenvalue weighted by molar-refractivity contribution is 0.101. The predicted molar refractivity (Wildman–Crippen MR) is 126 cm³/mol. The summed E-state index contributed by atoms with van der Waals surface area (Å²) in [6.45, 7) is 3.59. The van der Waals surface area contributed by atoms with Gasteiger partial charge in [0.05, 0.1) is 4.90 Å². The van der Waals surface area contributed by atoms with Crippen LogP contribution in [0, 0.1) is 0 Å². The SMILES string of the molecule is CC(=O)c1ccc(N2CCN(S(=O)(=O)c3cccc4c(N(C)C)cccc34)CC2)cc1. The Labute approximate surface area is 183 Å². The number of sulfonamides is 1. The normalized spacial score (nSPS) is 15.3. The van der Waals surface area contributed by atoms with Crippen molar-refractivity contribution in [2.75, 3.05) is 50.1 Å². The Bertz CT molecular complexity index is 1210. The smallest absolute Gasteiger partial charge is 0.243 e. The fourth-order valence-corrected chi connectivity index (χ4v) is 5.74. The Hall–Kier alpha value is -2.90. The van der Waals surface area contributed by atoms with Gasteiger partial charge in [0, 0.05) is 68.0 Å². The van der Waals surface area contributed by atoms with Crippen molar-refractivity contribution >= 4 is 38.0 Å². The zero-order valence-electron chi connectivity index (χ0n) is 18.1. The molecule has 0 saturated carbocycles. The summed E-state index contributed by atoms with van der Waals surface area (Å²) < 4.78 is 28.6. The number of hydrogen-bond donors (Lipinski definition) is 0. The number of carbonyl (C=O) groups excluding carboxylic acids is 1. The third kappa shape index (κ3) is 4.03. The van der Waals surface area contributed by atoms with Crippen LogP contribution in [-0.2, 0) is 10.0 Å². The second-order valence-corrected chi connectivity index (χ2v) is 9.92. The van der Waals surface area contributed by atoms with Crippen molar-refractivity contribution < 1.29 is 13.2 Å². The molecule has 0 spiro atoms. The number of anilines is 2. The standard InChI is InChI=1S/C24H27N3O3S/c1-18(28)19-10-12-20(13-11-19)26-14-16-27(17-15-26)31(29,30)24-9-5-6-21-22(24)7-4-8-23(21)25(2)3/h4-13H,14-17H2,1-3H3. The van der Waals surface area contributed by atoms with E-state index in [1.807, 2.05) is 73.6 Å². The van der Waals surface area contributed by atoms with Crippen molar-refractivity contribution in [2.24, 2.45) is 0 Å². The molecule has 1 saturated heterocycles. The van der Waals surface area contributed by atoms with E-state index < -0.39 is 10.0 Å². The van der Waals surface area contributed by atoms with E-state index in [9.17, 15) is 13.2 Å². The minimum Gasteiger partial charge on any atom is -0.377 e. The molecule has 31 heavy (non-hydrogen) atoms. The molecule has 162 valence electrons. The summed E-state index contributed by atoms with van der Waals surface area (Å²) in [5.41, 5.74) is 2.68. The molecule has 0 aliphatic carbocycles. The number of piperazine rings is 1. The van der Waals surface area contributed by atoms with E-state index in [-0.39, 0.29) is 5.78 Å². The molecule has 0 N–H and O–H groups in total. The Morgan fingerprint density at radius 3 is 2.06 bits per heavy atom.